The Morgan fingerprint density at radius 1 is 0.368 bits per heavy atom. The lowest BCUT2D eigenvalue weighted by atomic mass is 9.95. The zero-order valence-corrected chi connectivity index (χ0v) is 31.7. The van der Waals surface area contributed by atoms with Crippen molar-refractivity contribution in [3.8, 4) is 16.8 Å². The van der Waals surface area contributed by atoms with Crippen LogP contribution in [0.5, 0.6) is 0 Å². The largest absolute Gasteiger partial charge is 0.310 e. The molecule has 0 unspecified atom stereocenters. The van der Waals surface area contributed by atoms with Crippen LogP contribution in [0.4, 0.5) is 17.1 Å². The average Bonchev–Trinajstić information content (AvgIpc) is 3.82. The van der Waals surface area contributed by atoms with E-state index in [9.17, 15) is 0 Å². The van der Waals surface area contributed by atoms with Gasteiger partial charge in [-0.3, -0.25) is 0 Å². The molecule has 0 radical (unpaired) electrons. The summed E-state index contributed by atoms with van der Waals surface area (Å²) in [6.45, 7) is 0. The van der Waals surface area contributed by atoms with Crippen LogP contribution >= 0.6 is 11.3 Å². The van der Waals surface area contributed by atoms with Crippen LogP contribution in [0.25, 0.3) is 91.1 Å². The number of aromatic nitrogens is 1. The maximum Gasteiger partial charge on any atom is 0.0619 e. The summed E-state index contributed by atoms with van der Waals surface area (Å²) in [7, 11) is 0. The van der Waals surface area contributed by atoms with Crippen molar-refractivity contribution in [2.24, 2.45) is 0 Å². The molecule has 10 aromatic carbocycles. The molecule has 57 heavy (non-hydrogen) atoms. The minimum Gasteiger partial charge on any atom is -0.310 e. The van der Waals surface area contributed by atoms with E-state index in [0.29, 0.717) is 0 Å². The van der Waals surface area contributed by atoms with E-state index >= 15 is 0 Å². The van der Waals surface area contributed by atoms with Crippen molar-refractivity contribution in [1.29, 1.82) is 0 Å². The number of fused-ring (bicyclic) bond motifs is 11. The average molecular weight is 743 g/mol. The van der Waals surface area contributed by atoms with Gasteiger partial charge in [0.15, 0.2) is 0 Å². The third-order valence-electron chi connectivity index (χ3n) is 11.7. The Kier molecular flexibility index (Phi) is 7.13. The highest BCUT2D eigenvalue weighted by molar-refractivity contribution is 7.26. The highest BCUT2D eigenvalue weighted by Gasteiger charge is 2.20. The molecule has 0 saturated carbocycles. The summed E-state index contributed by atoms with van der Waals surface area (Å²) in [5.74, 6) is 0. The summed E-state index contributed by atoms with van der Waals surface area (Å²) in [5.41, 5.74) is 9.46. The maximum absolute atomic E-state index is 2.43. The molecule has 12 rings (SSSR count). The molecule has 0 spiro atoms. The van der Waals surface area contributed by atoms with Gasteiger partial charge < -0.3 is 9.47 Å². The monoisotopic (exact) mass is 742 g/mol. The summed E-state index contributed by atoms with van der Waals surface area (Å²) in [4.78, 5) is 2.42. The lowest BCUT2D eigenvalue weighted by Gasteiger charge is -2.26. The summed E-state index contributed by atoms with van der Waals surface area (Å²) < 4.78 is 5.02. The highest BCUT2D eigenvalue weighted by Crippen LogP contribution is 2.46. The van der Waals surface area contributed by atoms with E-state index in [1.807, 2.05) is 11.3 Å². The van der Waals surface area contributed by atoms with Gasteiger partial charge in [-0.1, -0.05) is 133 Å². The number of anilines is 3. The van der Waals surface area contributed by atoms with Gasteiger partial charge in [-0.15, -0.1) is 11.3 Å². The Morgan fingerprint density at radius 3 is 1.86 bits per heavy atom. The van der Waals surface area contributed by atoms with Gasteiger partial charge in [0.05, 0.1) is 11.0 Å². The van der Waals surface area contributed by atoms with E-state index in [0.717, 1.165) is 22.7 Å². The fourth-order valence-corrected chi connectivity index (χ4v) is 10.3. The van der Waals surface area contributed by atoms with E-state index < -0.39 is 0 Å². The van der Waals surface area contributed by atoms with Crippen LogP contribution in [0.15, 0.2) is 206 Å². The molecule has 0 fully saturated rings. The van der Waals surface area contributed by atoms with E-state index in [-0.39, 0.29) is 0 Å². The summed E-state index contributed by atoms with van der Waals surface area (Å²) in [5, 5.41) is 12.7. The van der Waals surface area contributed by atoms with Crippen molar-refractivity contribution >= 4 is 103 Å². The van der Waals surface area contributed by atoms with Crippen molar-refractivity contribution in [3.05, 3.63) is 206 Å². The smallest absolute Gasteiger partial charge is 0.0619 e. The molecule has 0 aliphatic carbocycles. The molecule has 0 N–H and O–H groups in total. The number of para-hydroxylation sites is 2. The first kappa shape index (κ1) is 32.1. The third kappa shape index (κ3) is 5.03. The molecule has 0 atom stereocenters. The van der Waals surface area contributed by atoms with E-state index in [1.165, 1.54) is 85.4 Å². The van der Waals surface area contributed by atoms with Crippen molar-refractivity contribution in [1.82, 2.24) is 4.57 Å². The van der Waals surface area contributed by atoms with E-state index in [1.54, 1.807) is 0 Å². The Morgan fingerprint density at radius 2 is 1.02 bits per heavy atom. The van der Waals surface area contributed by atoms with Crippen LogP contribution in [0.1, 0.15) is 0 Å². The van der Waals surface area contributed by atoms with Gasteiger partial charge in [0, 0.05) is 59.1 Å². The van der Waals surface area contributed by atoms with E-state index in [4.69, 9.17) is 0 Å². The van der Waals surface area contributed by atoms with Crippen molar-refractivity contribution < 1.29 is 0 Å². The summed E-state index contributed by atoms with van der Waals surface area (Å²) in [6.07, 6.45) is 0. The first-order chi connectivity index (χ1) is 28.3. The summed E-state index contributed by atoms with van der Waals surface area (Å²) >= 11 is 1.87. The fourth-order valence-electron chi connectivity index (χ4n) is 9.15. The van der Waals surface area contributed by atoms with Gasteiger partial charge in [-0.05, 0) is 111 Å². The van der Waals surface area contributed by atoms with Crippen LogP contribution in [-0.2, 0) is 0 Å². The van der Waals surface area contributed by atoms with Gasteiger partial charge in [0.2, 0.25) is 0 Å². The second-order valence-corrected chi connectivity index (χ2v) is 16.0. The Bertz CT molecular complexity index is 3520. The van der Waals surface area contributed by atoms with Crippen molar-refractivity contribution in [2.45, 2.75) is 0 Å². The highest BCUT2D eigenvalue weighted by atomic mass is 32.1. The van der Waals surface area contributed by atoms with Gasteiger partial charge in [0.25, 0.3) is 0 Å². The molecule has 0 bridgehead atoms. The van der Waals surface area contributed by atoms with E-state index in [2.05, 4.69) is 216 Å². The van der Waals surface area contributed by atoms with Crippen LogP contribution in [0, 0.1) is 0 Å². The van der Waals surface area contributed by atoms with Gasteiger partial charge in [0.1, 0.15) is 0 Å². The second kappa shape index (κ2) is 12.7. The Hall–Kier alpha value is -7.20. The van der Waals surface area contributed by atoms with Gasteiger partial charge in [-0.2, -0.15) is 0 Å². The molecule has 3 heteroatoms. The second-order valence-electron chi connectivity index (χ2n) is 14.9. The molecule has 2 heterocycles. The van der Waals surface area contributed by atoms with Gasteiger partial charge in [-0.25, -0.2) is 0 Å². The minimum atomic E-state index is 1.12. The zero-order valence-electron chi connectivity index (χ0n) is 30.9. The van der Waals surface area contributed by atoms with Crippen molar-refractivity contribution in [3.63, 3.8) is 0 Å². The molecule has 266 valence electrons. The number of nitrogens with zero attached hydrogens (tertiary/aromatic N) is 2. The fraction of sp³-hybridized carbons (Fsp3) is 0. The molecule has 2 aromatic heterocycles. The predicted octanol–water partition coefficient (Wildman–Crippen LogP) is 15.7. The van der Waals surface area contributed by atoms with Crippen molar-refractivity contribution in [2.75, 3.05) is 4.90 Å². The topological polar surface area (TPSA) is 8.17 Å². The predicted molar refractivity (Wildman–Crippen MR) is 246 cm³/mol. The molecule has 0 aliphatic rings. The lowest BCUT2D eigenvalue weighted by Crippen LogP contribution is -2.09. The molecule has 0 amide bonds. The molecular weight excluding hydrogens is 709 g/mol. The lowest BCUT2D eigenvalue weighted by molar-refractivity contribution is 1.18. The molecule has 2 nitrogen and oxygen atoms in total. The SMILES string of the molecule is c1ccc(N(c2ccc3sc4cccc(-c5ccc6c(ccc7ccccc76)c5)c4c3c2)c2ccc3c(c2)c2ccc4ccccc4c2n3-c2ccccc2)cc1. The quantitative estimate of drug-likeness (QED) is 0.159. The Balaban J connectivity index is 1.07. The van der Waals surface area contributed by atoms with Crippen LogP contribution in [0.3, 0.4) is 0 Å². The molecular formula is C54H34N2S. The van der Waals surface area contributed by atoms with Crippen LogP contribution < -0.4 is 4.90 Å². The molecule has 12 aromatic rings. The standard InChI is InChI=1S/C54H34N2S/c1-3-14-39(15-4-1)55(41-26-30-50-48(33-41)47-29-24-36-13-8-10-19-46(36)54(47)56(50)40-16-5-2-6-17-40)42-27-31-51-49(34-42)53-45(20-11-21-52(53)57-51)38-25-28-44-37(32-38)23-22-35-12-7-9-18-43(35)44/h1-34H. The zero-order chi connectivity index (χ0) is 37.5. The number of rotatable bonds is 5. The number of hydrogen-bond donors (Lipinski definition) is 0. The van der Waals surface area contributed by atoms with Crippen LogP contribution in [0.2, 0.25) is 0 Å². The first-order valence-electron chi connectivity index (χ1n) is 19.5. The normalized spacial score (nSPS) is 11.9. The van der Waals surface area contributed by atoms with Gasteiger partial charge >= 0.3 is 0 Å². The maximum atomic E-state index is 2.43. The number of thiophene rings is 1. The molecule has 0 saturated heterocycles. The third-order valence-corrected chi connectivity index (χ3v) is 12.9. The number of benzene rings is 10. The Labute approximate surface area is 333 Å². The first-order valence-corrected chi connectivity index (χ1v) is 20.3. The molecule has 0 aliphatic heterocycles. The summed E-state index contributed by atoms with van der Waals surface area (Å²) in [6, 6.07) is 75.7. The minimum absolute atomic E-state index is 1.12. The number of hydrogen-bond acceptors (Lipinski definition) is 2. The van der Waals surface area contributed by atoms with Crippen LogP contribution in [-0.4, -0.2) is 4.57 Å².